The van der Waals surface area contributed by atoms with Crippen LogP contribution in [-0.2, 0) is 63.3 Å². The highest BCUT2D eigenvalue weighted by molar-refractivity contribution is 8.10. The lowest BCUT2D eigenvalue weighted by Crippen LogP contribution is -2.44. The minimum absolute atomic E-state index is 0.0593. The third-order valence-corrected chi connectivity index (χ3v) is 17.8. The van der Waals surface area contributed by atoms with Crippen LogP contribution in [-0.4, -0.2) is 76.4 Å². The molecule has 7 aromatic rings. The molecule has 0 aliphatic rings. The predicted octanol–water partition coefficient (Wildman–Crippen LogP) is 10.4. The lowest BCUT2D eigenvalue weighted by molar-refractivity contribution is -0.241. The summed E-state index contributed by atoms with van der Waals surface area (Å²) in [6.45, 7) is 4.86. The molecule has 0 spiro atoms. The van der Waals surface area contributed by atoms with Crippen molar-refractivity contribution >= 4 is 95.2 Å². The molecule has 68 heavy (non-hydrogen) atoms. The van der Waals surface area contributed by atoms with E-state index in [4.69, 9.17) is 34.6 Å². The van der Waals surface area contributed by atoms with Crippen LogP contribution in [0.2, 0.25) is 0 Å². The number of nitrogens with zero attached hydrogens (tertiary/aromatic N) is 5. The van der Waals surface area contributed by atoms with Gasteiger partial charge < -0.3 is 24.7 Å². The molecule has 0 saturated heterocycles. The van der Waals surface area contributed by atoms with E-state index in [1.807, 2.05) is 59.3 Å². The van der Waals surface area contributed by atoms with Crippen molar-refractivity contribution in [3.8, 4) is 49.7 Å². The number of hydrogen-bond acceptors (Lipinski definition) is 18. The molecule has 0 bridgehead atoms. The number of unbranched alkanes of at least 4 members (excludes halogenated alkanes) is 2. The van der Waals surface area contributed by atoms with Gasteiger partial charge >= 0.3 is 17.7 Å². The third-order valence-electron chi connectivity index (χ3n) is 10.4. The fraction of sp³-hybridized carbons (Fsp3) is 0.312. The van der Waals surface area contributed by atoms with Gasteiger partial charge in [0.05, 0.1) is 47.5 Å². The monoisotopic (exact) mass is 1030 g/mol. The number of benzene rings is 2. The number of pyridine rings is 2. The summed E-state index contributed by atoms with van der Waals surface area (Å²) in [5, 5.41) is 17.0. The van der Waals surface area contributed by atoms with Crippen LogP contribution < -0.4 is 5.73 Å². The van der Waals surface area contributed by atoms with Crippen LogP contribution >= 0.6 is 45.8 Å². The van der Waals surface area contributed by atoms with Crippen LogP contribution in [0.25, 0.3) is 53.9 Å². The largest absolute Gasteiger partial charge is 0.464 e. The maximum Gasteiger partial charge on any atom is 0.379 e. The molecular formula is C48H48N6O8S6. The van der Waals surface area contributed by atoms with Gasteiger partial charge in [-0.15, -0.1) is 34.0 Å². The summed E-state index contributed by atoms with van der Waals surface area (Å²) >= 11 is 5.55. The number of carbonyl (C=O) groups is 2. The number of ether oxygens (including phenoxy) is 4. The first-order valence-corrected chi connectivity index (χ1v) is 27.9. The molecule has 5 aromatic heterocycles. The molecule has 0 radical (unpaired) electrons. The molecule has 2 N–H and O–H groups in total. The number of aromatic nitrogens is 4. The summed E-state index contributed by atoms with van der Waals surface area (Å²) in [6.07, 6.45) is 6.96. The number of carbonyl (C=O) groups excluding carboxylic acids is 2. The zero-order valence-electron chi connectivity index (χ0n) is 37.7. The van der Waals surface area contributed by atoms with E-state index in [2.05, 4.69) is 29.9 Å². The smallest absolute Gasteiger partial charge is 0.379 e. The van der Waals surface area contributed by atoms with Crippen LogP contribution in [0.3, 0.4) is 0 Å². The summed E-state index contributed by atoms with van der Waals surface area (Å²) in [6, 6.07) is 20.9. The Hall–Kier alpha value is -5.24. The average molecular weight is 1030 g/mol. The van der Waals surface area contributed by atoms with E-state index in [-0.39, 0.29) is 13.2 Å². The summed E-state index contributed by atoms with van der Waals surface area (Å²) in [5.41, 5.74) is 13.3. The lowest BCUT2D eigenvalue weighted by atomic mass is 10.00. The third kappa shape index (κ3) is 12.3. The van der Waals surface area contributed by atoms with E-state index in [0.29, 0.717) is 69.4 Å². The number of anilines is 1. The second-order valence-electron chi connectivity index (χ2n) is 15.3. The van der Waals surface area contributed by atoms with Crippen LogP contribution in [0, 0.1) is 11.3 Å². The van der Waals surface area contributed by atoms with Gasteiger partial charge in [-0.3, -0.25) is 8.42 Å². The van der Waals surface area contributed by atoms with Crippen LogP contribution in [0.15, 0.2) is 93.1 Å². The average Bonchev–Trinajstić information content (AvgIpc) is 4.17. The van der Waals surface area contributed by atoms with Gasteiger partial charge in [0.15, 0.2) is 0 Å². The predicted molar refractivity (Wildman–Crippen MR) is 272 cm³/mol. The van der Waals surface area contributed by atoms with Crippen molar-refractivity contribution in [1.29, 1.82) is 5.26 Å². The molecule has 3 unspecified atom stereocenters. The van der Waals surface area contributed by atoms with E-state index >= 15 is 0 Å². The molecular weight excluding hydrogens is 981 g/mol. The number of nitrogens with two attached hydrogens (primary N) is 1. The molecule has 0 aliphatic heterocycles. The first-order chi connectivity index (χ1) is 32.9. The Bertz CT molecular complexity index is 2940. The van der Waals surface area contributed by atoms with Crippen LogP contribution in [0.4, 0.5) is 5.69 Å². The molecule has 7 rings (SSSR count). The Morgan fingerprint density at radius 1 is 0.853 bits per heavy atom. The molecule has 2 aromatic carbocycles. The van der Waals surface area contributed by atoms with Crippen LogP contribution in [0.1, 0.15) is 63.1 Å². The number of nitrogen functional groups attached to an aromatic ring is 1. The SMILES string of the molecule is CCCCS(=O)CSc1nc(-c2nccs2)cc(-c2ccc(COC(C)(OC(=O)COCc3ccc(-c4cc(-c5nccs5)nc5sc(S(=O)CCCC)c(N)c45)cc3)C(=O)OC)cc2)c1C#N. The summed E-state index contributed by atoms with van der Waals surface area (Å²) in [4.78, 5) is 45.3. The van der Waals surface area contributed by atoms with Crippen molar-refractivity contribution in [3.05, 3.63) is 101 Å². The highest BCUT2D eigenvalue weighted by Gasteiger charge is 2.40. The minimum atomic E-state index is -2.10. The molecule has 0 saturated carbocycles. The number of esters is 2. The zero-order valence-corrected chi connectivity index (χ0v) is 42.6. The normalized spacial score (nSPS) is 13.2. The fourth-order valence-corrected chi connectivity index (χ4v) is 13.3. The number of thiazole rings is 2. The minimum Gasteiger partial charge on any atom is -0.464 e. The van der Waals surface area contributed by atoms with E-state index < -0.39 is 45.9 Å². The van der Waals surface area contributed by atoms with Crippen molar-refractivity contribution in [3.63, 3.8) is 0 Å². The number of rotatable bonds is 23. The van der Waals surface area contributed by atoms with Crippen molar-refractivity contribution in [2.45, 2.75) is 74.7 Å². The lowest BCUT2D eigenvalue weighted by Gasteiger charge is -2.26. The Morgan fingerprint density at radius 3 is 2.06 bits per heavy atom. The van der Waals surface area contributed by atoms with Crippen molar-refractivity contribution in [1.82, 2.24) is 19.9 Å². The fourth-order valence-electron chi connectivity index (χ4n) is 6.83. The quantitative estimate of drug-likeness (QED) is 0.0359. The summed E-state index contributed by atoms with van der Waals surface area (Å²) in [7, 11) is -1.15. The molecule has 5 heterocycles. The molecule has 0 fully saturated rings. The maximum absolute atomic E-state index is 13.2. The van der Waals surface area contributed by atoms with Gasteiger partial charge in [0.25, 0.3) is 0 Å². The molecule has 0 amide bonds. The van der Waals surface area contributed by atoms with E-state index in [1.54, 1.807) is 24.5 Å². The van der Waals surface area contributed by atoms with E-state index in [0.717, 1.165) is 58.3 Å². The van der Waals surface area contributed by atoms with Gasteiger partial charge in [0.2, 0.25) is 0 Å². The summed E-state index contributed by atoms with van der Waals surface area (Å²) < 4.78 is 48.6. The topological polar surface area (TPSA) is 207 Å². The standard InChI is InChI=1S/C48H48N6O8S6/c1-5-7-21-67(57)29-65-42-36(25-49)34(23-37(53-42)43-51-17-19-63-43)32-13-11-31(12-14-32)27-61-48(3,47(56)59-4)62-39(55)28-60-26-30-9-15-33(16-10-30)35-24-38(44-52-18-20-64-44)54-45-40(35)41(50)46(66-45)68(58)22-8-6-2/h9-20,23-24H,5-8,21-22,26-29,50H2,1-4H3. The molecule has 354 valence electrons. The highest BCUT2D eigenvalue weighted by atomic mass is 32.2. The number of thiophene rings is 1. The molecule has 0 aliphatic carbocycles. The Kier molecular flexibility index (Phi) is 17.8. The zero-order chi connectivity index (χ0) is 48.2. The van der Waals surface area contributed by atoms with Crippen molar-refractivity contribution in [2.75, 3.05) is 36.0 Å². The van der Waals surface area contributed by atoms with Gasteiger partial charge in [-0.1, -0.05) is 87.0 Å². The Balaban J connectivity index is 0.997. The number of nitriles is 1. The number of hydrogen-bond donors (Lipinski definition) is 1. The Labute approximate surface area is 415 Å². The second kappa shape index (κ2) is 23.9. The van der Waals surface area contributed by atoms with Crippen LogP contribution in [0.5, 0.6) is 0 Å². The Morgan fingerprint density at radius 2 is 1.46 bits per heavy atom. The highest BCUT2D eigenvalue weighted by Crippen LogP contribution is 2.43. The number of fused-ring (bicyclic) bond motifs is 1. The van der Waals surface area contributed by atoms with E-state index in [1.165, 1.54) is 59.8 Å². The van der Waals surface area contributed by atoms with Gasteiger partial charge in [-0.05, 0) is 52.8 Å². The number of methoxy groups -OCH3 is 1. The molecule has 3 atom stereocenters. The molecule has 20 heteroatoms. The van der Waals surface area contributed by atoms with Gasteiger partial charge in [-0.2, -0.15) is 5.26 Å². The number of thioether (sulfide) groups is 1. The van der Waals surface area contributed by atoms with Crippen molar-refractivity contribution in [2.24, 2.45) is 0 Å². The first kappa shape index (κ1) is 50.6. The van der Waals surface area contributed by atoms with Gasteiger partial charge in [-0.25, -0.2) is 29.5 Å². The first-order valence-electron chi connectivity index (χ1n) is 21.5. The second-order valence-corrected chi connectivity index (χ2v) is 22.8. The van der Waals surface area contributed by atoms with Gasteiger partial charge in [0, 0.05) is 63.3 Å². The summed E-state index contributed by atoms with van der Waals surface area (Å²) in [5.74, 6) is -2.75. The van der Waals surface area contributed by atoms with E-state index in [9.17, 15) is 23.3 Å². The molecule has 14 nitrogen and oxygen atoms in total. The van der Waals surface area contributed by atoms with Gasteiger partial charge in [0.1, 0.15) is 48.1 Å². The maximum atomic E-state index is 13.2. The van der Waals surface area contributed by atoms with Crippen molar-refractivity contribution < 1.29 is 37.0 Å².